The summed E-state index contributed by atoms with van der Waals surface area (Å²) in [6.45, 7) is 21.2. The van der Waals surface area contributed by atoms with E-state index >= 15 is 0 Å². The third-order valence-corrected chi connectivity index (χ3v) is 6.54. The van der Waals surface area contributed by atoms with Crippen LogP contribution in [0.2, 0.25) is 0 Å². The standard InChI is InChI=1S/C26H32BN7/c1-15(2)32-13-20(10-17(32)5)34-26(29-7)25(18(6)28)22(31-34)9-8-19-11-23-24(12-21(19)27)33(14-30-23)16(3)4/h11-12,14,16-17,20H,1,6-7,10,13,27-28H2,2-5H3/t17?,20-/m0/s1. The minimum Gasteiger partial charge on any atom is -0.399 e. The average Bonchev–Trinajstić information content (AvgIpc) is 3.45. The normalized spacial score (nSPS) is 17.7. The number of hydrogen-bond acceptors (Lipinski definition) is 5. The first-order valence-corrected chi connectivity index (χ1v) is 11.6. The molecule has 1 fully saturated rings. The van der Waals surface area contributed by atoms with Crippen molar-refractivity contribution in [2.75, 3.05) is 6.54 Å². The van der Waals surface area contributed by atoms with Gasteiger partial charge in [-0.15, -0.1) is 0 Å². The summed E-state index contributed by atoms with van der Waals surface area (Å²) in [7, 11) is 2.06. The molecule has 0 radical (unpaired) electrons. The smallest absolute Gasteiger partial charge is 0.160 e. The molecule has 1 aromatic carbocycles. The molecule has 2 atom stereocenters. The fourth-order valence-corrected chi connectivity index (χ4v) is 4.78. The monoisotopic (exact) mass is 453 g/mol. The van der Waals surface area contributed by atoms with Crippen molar-refractivity contribution in [1.82, 2.24) is 24.2 Å². The Kier molecular flexibility index (Phi) is 6.14. The van der Waals surface area contributed by atoms with Gasteiger partial charge in [0.15, 0.2) is 5.82 Å². The molecule has 2 aromatic heterocycles. The predicted molar refractivity (Wildman–Crippen MR) is 144 cm³/mol. The summed E-state index contributed by atoms with van der Waals surface area (Å²) in [4.78, 5) is 11.1. The Bertz CT molecular complexity index is 1370. The largest absolute Gasteiger partial charge is 0.399 e. The fourth-order valence-electron chi connectivity index (χ4n) is 4.78. The van der Waals surface area contributed by atoms with Crippen LogP contribution >= 0.6 is 0 Å². The van der Waals surface area contributed by atoms with Gasteiger partial charge in [0.2, 0.25) is 0 Å². The topological polar surface area (TPSA) is 77.3 Å². The zero-order valence-electron chi connectivity index (χ0n) is 20.8. The molecule has 0 bridgehead atoms. The van der Waals surface area contributed by atoms with Crippen LogP contribution in [0.4, 0.5) is 5.82 Å². The Morgan fingerprint density at radius 3 is 2.62 bits per heavy atom. The van der Waals surface area contributed by atoms with Gasteiger partial charge in [-0.1, -0.05) is 24.5 Å². The second-order valence-electron chi connectivity index (χ2n) is 9.45. The number of benzene rings is 1. The SMILES string of the molecule is Bc1cc2c(cc1C#Cc1nn([C@H]3CC(C)N(C(=C)C)C3)c(N=C)c1C(=C)N)ncn2C(C)C. The zero-order chi connectivity index (χ0) is 24.7. The molecular formula is C26H32BN7. The van der Waals surface area contributed by atoms with E-state index in [-0.39, 0.29) is 6.04 Å². The molecule has 1 unspecified atom stereocenters. The summed E-state index contributed by atoms with van der Waals surface area (Å²) in [5.74, 6) is 7.13. The highest BCUT2D eigenvalue weighted by Crippen LogP contribution is 2.36. The first kappa shape index (κ1) is 23.4. The Morgan fingerprint density at radius 2 is 2.03 bits per heavy atom. The molecule has 0 amide bonds. The number of aromatic nitrogens is 4. The van der Waals surface area contributed by atoms with E-state index in [1.807, 2.05) is 24.0 Å². The lowest BCUT2D eigenvalue weighted by Crippen LogP contribution is -2.24. The molecule has 0 aliphatic carbocycles. The van der Waals surface area contributed by atoms with Gasteiger partial charge in [-0.3, -0.25) is 0 Å². The van der Waals surface area contributed by atoms with Gasteiger partial charge in [-0.2, -0.15) is 5.10 Å². The van der Waals surface area contributed by atoms with Crippen molar-refractivity contribution in [3.63, 3.8) is 0 Å². The van der Waals surface area contributed by atoms with Crippen LogP contribution < -0.4 is 11.2 Å². The maximum Gasteiger partial charge on any atom is 0.160 e. The molecule has 7 nitrogen and oxygen atoms in total. The molecule has 4 rings (SSSR count). The van der Waals surface area contributed by atoms with E-state index in [0.717, 1.165) is 40.7 Å². The number of allylic oxidation sites excluding steroid dienone is 1. The average molecular weight is 453 g/mol. The molecule has 0 saturated carbocycles. The van der Waals surface area contributed by atoms with Crippen molar-refractivity contribution in [2.24, 2.45) is 10.7 Å². The molecule has 1 aliphatic rings. The van der Waals surface area contributed by atoms with Crippen LogP contribution in [0.15, 0.2) is 42.3 Å². The van der Waals surface area contributed by atoms with Gasteiger partial charge in [0.05, 0.1) is 29.0 Å². The molecule has 0 spiro atoms. The Labute approximate surface area is 202 Å². The van der Waals surface area contributed by atoms with Crippen LogP contribution in [0.25, 0.3) is 16.7 Å². The van der Waals surface area contributed by atoms with E-state index in [0.29, 0.717) is 34.9 Å². The molecule has 1 aliphatic heterocycles. The number of fused-ring (bicyclic) bond motifs is 1. The van der Waals surface area contributed by atoms with Crippen LogP contribution in [0.5, 0.6) is 0 Å². The van der Waals surface area contributed by atoms with Gasteiger partial charge in [0, 0.05) is 35.6 Å². The van der Waals surface area contributed by atoms with Gasteiger partial charge in [0.1, 0.15) is 13.5 Å². The van der Waals surface area contributed by atoms with Gasteiger partial charge in [-0.25, -0.2) is 14.7 Å². The van der Waals surface area contributed by atoms with Gasteiger partial charge < -0.3 is 15.2 Å². The summed E-state index contributed by atoms with van der Waals surface area (Å²) in [5.41, 5.74) is 12.8. The van der Waals surface area contributed by atoms with Gasteiger partial charge in [-0.05, 0) is 58.9 Å². The number of likely N-dealkylation sites (tertiary alicyclic amines) is 1. The second-order valence-corrected chi connectivity index (χ2v) is 9.45. The first-order valence-electron chi connectivity index (χ1n) is 11.6. The third-order valence-electron chi connectivity index (χ3n) is 6.54. The van der Waals surface area contributed by atoms with Gasteiger partial charge >= 0.3 is 0 Å². The van der Waals surface area contributed by atoms with Crippen molar-refractivity contribution in [3.8, 4) is 11.8 Å². The van der Waals surface area contributed by atoms with E-state index in [2.05, 4.69) is 85.8 Å². The van der Waals surface area contributed by atoms with E-state index in [4.69, 9.17) is 10.8 Å². The molecule has 174 valence electrons. The fraction of sp³-hybridized carbons (Fsp3) is 0.346. The highest BCUT2D eigenvalue weighted by Gasteiger charge is 2.33. The lowest BCUT2D eigenvalue weighted by atomic mass is 9.90. The van der Waals surface area contributed by atoms with Crippen LogP contribution in [0.1, 0.15) is 63.0 Å². The summed E-state index contributed by atoms with van der Waals surface area (Å²) in [6, 6.07) is 4.99. The van der Waals surface area contributed by atoms with Crippen molar-refractivity contribution >= 4 is 42.6 Å². The van der Waals surface area contributed by atoms with Crippen molar-refractivity contribution < 1.29 is 0 Å². The molecular weight excluding hydrogens is 421 g/mol. The van der Waals surface area contributed by atoms with E-state index in [1.165, 1.54) is 0 Å². The molecule has 34 heavy (non-hydrogen) atoms. The van der Waals surface area contributed by atoms with Crippen molar-refractivity contribution in [3.05, 3.63) is 54.1 Å². The lowest BCUT2D eigenvalue weighted by molar-refractivity contribution is 0.335. The lowest BCUT2D eigenvalue weighted by Gasteiger charge is -2.23. The molecule has 3 aromatic rings. The van der Waals surface area contributed by atoms with E-state index < -0.39 is 0 Å². The quantitative estimate of drug-likeness (QED) is 0.366. The number of nitrogens with zero attached hydrogens (tertiary/aromatic N) is 6. The Balaban J connectivity index is 1.77. The third kappa shape index (κ3) is 4.03. The number of imidazole rings is 1. The molecule has 1 saturated heterocycles. The molecule has 3 heterocycles. The Morgan fingerprint density at radius 1 is 1.29 bits per heavy atom. The van der Waals surface area contributed by atoms with E-state index in [1.54, 1.807) is 0 Å². The van der Waals surface area contributed by atoms with Gasteiger partial charge in [0.25, 0.3) is 0 Å². The number of aliphatic imine (C=N–C) groups is 1. The Hall–Kier alpha value is -3.73. The minimum atomic E-state index is 0.124. The number of nitrogens with two attached hydrogens (primary N) is 1. The second kappa shape index (κ2) is 8.90. The highest BCUT2D eigenvalue weighted by molar-refractivity contribution is 6.34. The summed E-state index contributed by atoms with van der Waals surface area (Å²) < 4.78 is 4.07. The predicted octanol–water partition coefficient (Wildman–Crippen LogP) is 2.90. The van der Waals surface area contributed by atoms with E-state index in [9.17, 15) is 0 Å². The van der Waals surface area contributed by atoms with Crippen molar-refractivity contribution in [2.45, 2.75) is 52.2 Å². The van der Waals surface area contributed by atoms with Crippen LogP contribution in [-0.4, -0.2) is 51.4 Å². The van der Waals surface area contributed by atoms with Crippen LogP contribution in [-0.2, 0) is 0 Å². The minimum absolute atomic E-state index is 0.124. The zero-order valence-corrected chi connectivity index (χ0v) is 20.8. The molecule has 2 N–H and O–H groups in total. The van der Waals surface area contributed by atoms with Crippen LogP contribution in [0.3, 0.4) is 0 Å². The highest BCUT2D eigenvalue weighted by atomic mass is 15.4. The molecule has 8 heteroatoms. The summed E-state index contributed by atoms with van der Waals surface area (Å²) >= 11 is 0. The maximum absolute atomic E-state index is 6.17. The maximum atomic E-state index is 6.17. The summed E-state index contributed by atoms with van der Waals surface area (Å²) in [6.07, 6.45) is 2.80. The number of hydrogen-bond donors (Lipinski definition) is 1. The summed E-state index contributed by atoms with van der Waals surface area (Å²) in [5, 5.41) is 4.84. The van der Waals surface area contributed by atoms with Crippen LogP contribution in [0, 0.1) is 11.8 Å². The first-order chi connectivity index (χ1) is 16.1. The number of rotatable bonds is 5. The van der Waals surface area contributed by atoms with Crippen molar-refractivity contribution in [1.29, 1.82) is 0 Å².